The molecule has 3 nitrogen and oxygen atoms in total. The van der Waals surface area contributed by atoms with Gasteiger partial charge in [-0.25, -0.2) is 4.79 Å². The average molecular weight is 542 g/mol. The molecule has 0 aromatic heterocycles. The molecule has 0 radical (unpaired) electrons. The molecule has 3 aromatic carbocycles. The van der Waals surface area contributed by atoms with Crippen LogP contribution in [0.25, 0.3) is 0 Å². The molecule has 0 spiro atoms. The van der Waals surface area contributed by atoms with Crippen molar-refractivity contribution in [2.45, 2.75) is 52.1 Å². The van der Waals surface area contributed by atoms with E-state index in [0.29, 0.717) is 6.54 Å². The molecule has 0 heterocycles. The second-order valence-corrected chi connectivity index (χ2v) is 13.0. The molecule has 3 aromatic rings. The van der Waals surface area contributed by atoms with Crippen molar-refractivity contribution in [3.8, 4) is 0 Å². The number of ether oxygens (including phenoxy) is 1. The fourth-order valence-corrected chi connectivity index (χ4v) is 8.62. The molecule has 0 unspecified atom stereocenters. The Kier molecular flexibility index (Phi) is 11.3. The second-order valence-electron chi connectivity index (χ2n) is 9.38. The van der Waals surface area contributed by atoms with Gasteiger partial charge in [0.15, 0.2) is 0 Å². The van der Waals surface area contributed by atoms with Gasteiger partial charge in [-0.1, -0.05) is 61.0 Å². The van der Waals surface area contributed by atoms with Gasteiger partial charge in [0.1, 0.15) is 28.8 Å². The van der Waals surface area contributed by atoms with Gasteiger partial charge in [-0.15, -0.1) is 0 Å². The van der Waals surface area contributed by atoms with Crippen LogP contribution in [0.4, 0.5) is 4.79 Å². The highest BCUT2D eigenvalue weighted by molar-refractivity contribution is 7.95. The van der Waals surface area contributed by atoms with Crippen molar-refractivity contribution in [3.63, 3.8) is 0 Å². The monoisotopic (exact) mass is 541 g/mol. The Morgan fingerprint density at radius 1 is 0.706 bits per heavy atom. The Morgan fingerprint density at radius 2 is 1.12 bits per heavy atom. The van der Waals surface area contributed by atoms with Crippen molar-refractivity contribution >= 4 is 29.3 Å². The molecular weight excluding hydrogens is 505 g/mol. The number of hydrogen-bond donors (Lipinski definition) is 1. The van der Waals surface area contributed by atoms with Crippen molar-refractivity contribution < 1.29 is 26.5 Å². The van der Waals surface area contributed by atoms with E-state index in [4.69, 9.17) is 4.74 Å². The number of rotatable bonds is 10. The maximum absolute atomic E-state index is 11.8. The number of benzene rings is 3. The van der Waals surface area contributed by atoms with E-state index in [1.54, 1.807) is 0 Å². The third kappa shape index (κ3) is 7.96. The minimum atomic E-state index is -1.74. The summed E-state index contributed by atoms with van der Waals surface area (Å²) in [7, 11) is -1.74. The first-order valence-corrected chi connectivity index (χ1v) is 13.9. The summed E-state index contributed by atoms with van der Waals surface area (Å²) in [6.45, 7) is 6.31. The SMILES string of the molecule is CC(C)(C)OC(=O)NCCCCCC[P+](c1ccccc1)(c1ccccc1)c1ccccc1.[Br-]. The van der Waals surface area contributed by atoms with E-state index in [9.17, 15) is 4.79 Å². The summed E-state index contributed by atoms with van der Waals surface area (Å²) in [5.41, 5.74) is -0.455. The minimum Gasteiger partial charge on any atom is -1.00 e. The summed E-state index contributed by atoms with van der Waals surface area (Å²) >= 11 is 0. The normalized spacial score (nSPS) is 11.4. The quantitative estimate of drug-likeness (QED) is 0.316. The smallest absolute Gasteiger partial charge is 0.407 e. The Balaban J connectivity index is 0.00000408. The van der Waals surface area contributed by atoms with E-state index in [0.717, 1.165) is 31.8 Å². The van der Waals surface area contributed by atoms with Crippen LogP contribution >= 0.6 is 7.26 Å². The summed E-state index contributed by atoms with van der Waals surface area (Å²) in [6, 6.07) is 33.1. The van der Waals surface area contributed by atoms with Gasteiger partial charge in [0.2, 0.25) is 0 Å². The molecule has 5 heteroatoms. The lowest BCUT2D eigenvalue weighted by molar-refractivity contribution is -0.0000286. The number of carbonyl (C=O) groups excluding carboxylic acids is 1. The highest BCUT2D eigenvalue weighted by Crippen LogP contribution is 2.55. The van der Waals surface area contributed by atoms with E-state index >= 15 is 0 Å². The van der Waals surface area contributed by atoms with E-state index in [-0.39, 0.29) is 23.1 Å². The predicted molar refractivity (Wildman–Crippen MR) is 143 cm³/mol. The fraction of sp³-hybridized carbons (Fsp3) is 0.345. The molecule has 182 valence electrons. The highest BCUT2D eigenvalue weighted by Gasteiger charge is 2.44. The van der Waals surface area contributed by atoms with Gasteiger partial charge in [0, 0.05) is 6.54 Å². The Bertz CT molecular complexity index is 879. The van der Waals surface area contributed by atoms with Gasteiger partial charge >= 0.3 is 6.09 Å². The van der Waals surface area contributed by atoms with Gasteiger partial charge in [0.25, 0.3) is 0 Å². The topological polar surface area (TPSA) is 38.3 Å². The van der Waals surface area contributed by atoms with Crippen LogP contribution in [0.15, 0.2) is 91.0 Å². The van der Waals surface area contributed by atoms with Crippen LogP contribution < -0.4 is 38.2 Å². The van der Waals surface area contributed by atoms with Gasteiger partial charge in [-0.2, -0.15) is 0 Å². The molecule has 1 N–H and O–H groups in total. The lowest BCUT2D eigenvalue weighted by Gasteiger charge is -2.27. The summed E-state index contributed by atoms with van der Waals surface area (Å²) in [5, 5.41) is 7.19. The molecule has 0 bridgehead atoms. The van der Waals surface area contributed by atoms with Crippen LogP contribution in [-0.4, -0.2) is 24.4 Å². The van der Waals surface area contributed by atoms with Gasteiger partial charge in [0.05, 0.1) is 6.16 Å². The first kappa shape index (κ1) is 28.1. The zero-order valence-electron chi connectivity index (χ0n) is 20.5. The maximum atomic E-state index is 11.8. The van der Waals surface area contributed by atoms with E-state index < -0.39 is 12.9 Å². The first-order valence-electron chi connectivity index (χ1n) is 11.9. The first-order chi connectivity index (χ1) is 15.9. The number of carbonyl (C=O) groups is 1. The van der Waals surface area contributed by atoms with Crippen LogP contribution in [-0.2, 0) is 4.74 Å². The molecule has 0 atom stereocenters. The van der Waals surface area contributed by atoms with Gasteiger partial charge in [-0.3, -0.25) is 0 Å². The molecule has 0 saturated heterocycles. The number of hydrogen-bond acceptors (Lipinski definition) is 2. The third-order valence-corrected chi connectivity index (χ3v) is 10.2. The minimum absolute atomic E-state index is 0. The van der Waals surface area contributed by atoms with Crippen molar-refractivity contribution in [1.29, 1.82) is 0 Å². The number of amides is 1. The van der Waals surface area contributed by atoms with Crippen LogP contribution in [0, 0.1) is 0 Å². The van der Waals surface area contributed by atoms with E-state index in [1.807, 2.05) is 20.8 Å². The van der Waals surface area contributed by atoms with E-state index in [2.05, 4.69) is 96.3 Å². The van der Waals surface area contributed by atoms with Crippen LogP contribution in [0.5, 0.6) is 0 Å². The number of alkyl carbamates (subject to hydrolysis) is 1. The van der Waals surface area contributed by atoms with Crippen LogP contribution in [0.1, 0.15) is 46.5 Å². The molecule has 0 fully saturated rings. The van der Waals surface area contributed by atoms with Gasteiger partial charge in [-0.05, 0) is 76.4 Å². The molecule has 34 heavy (non-hydrogen) atoms. The summed E-state index contributed by atoms with van der Waals surface area (Å²) in [6.07, 6.45) is 5.17. The number of halogens is 1. The van der Waals surface area contributed by atoms with Crippen molar-refractivity contribution in [3.05, 3.63) is 91.0 Å². The molecule has 0 aliphatic carbocycles. The zero-order chi connectivity index (χ0) is 23.6. The van der Waals surface area contributed by atoms with Crippen molar-refractivity contribution in [1.82, 2.24) is 5.32 Å². The highest BCUT2D eigenvalue weighted by atomic mass is 79.9. The zero-order valence-corrected chi connectivity index (χ0v) is 23.0. The molecule has 0 aliphatic heterocycles. The number of nitrogens with one attached hydrogen (secondary N) is 1. The Hall–Kier alpha value is -2.16. The largest absolute Gasteiger partial charge is 1.00 e. The maximum Gasteiger partial charge on any atom is 0.407 e. The summed E-state index contributed by atoms with van der Waals surface area (Å²) in [4.78, 5) is 11.8. The Labute approximate surface area is 216 Å². The molecule has 3 rings (SSSR count). The summed E-state index contributed by atoms with van der Waals surface area (Å²) in [5.74, 6) is 0. The third-order valence-electron chi connectivity index (χ3n) is 5.68. The van der Waals surface area contributed by atoms with Crippen molar-refractivity contribution in [2.24, 2.45) is 0 Å². The number of unbranched alkanes of at least 4 members (excludes halogenated alkanes) is 3. The second kappa shape index (κ2) is 13.7. The lowest BCUT2D eigenvalue weighted by Crippen LogP contribution is -3.00. The standard InChI is InChI=1S/C29H36NO2P.BrH/c1-29(2,3)32-28(31)30-23-15-4-5-16-24-33(25-17-9-6-10-18-25,26-19-11-7-12-20-26)27-21-13-8-14-22-27;/h6-14,17-22H,4-5,15-16,23-24H2,1-3H3;1H. The molecule has 1 amide bonds. The summed E-state index contributed by atoms with van der Waals surface area (Å²) < 4.78 is 5.31. The fourth-order valence-electron chi connectivity index (χ4n) is 4.21. The average Bonchev–Trinajstić information content (AvgIpc) is 2.82. The van der Waals surface area contributed by atoms with Crippen molar-refractivity contribution in [2.75, 3.05) is 12.7 Å². The van der Waals surface area contributed by atoms with E-state index in [1.165, 1.54) is 15.9 Å². The lowest BCUT2D eigenvalue weighted by atomic mass is 10.2. The van der Waals surface area contributed by atoms with Gasteiger partial charge < -0.3 is 27.0 Å². The molecule has 0 aliphatic rings. The molecule has 0 saturated carbocycles. The predicted octanol–water partition coefficient (Wildman–Crippen LogP) is 3.07. The molecular formula is C29H37BrNO2P. The Morgan fingerprint density at radius 3 is 1.53 bits per heavy atom. The van der Waals surface area contributed by atoms with Crippen LogP contribution in [0.2, 0.25) is 0 Å². The van der Waals surface area contributed by atoms with Crippen LogP contribution in [0.3, 0.4) is 0 Å².